The summed E-state index contributed by atoms with van der Waals surface area (Å²) in [7, 11) is -2.74. The highest BCUT2D eigenvalue weighted by Gasteiger charge is 2.38. The third kappa shape index (κ3) is 6.51. The third-order valence-corrected chi connectivity index (χ3v) is 9.41. The number of halogens is 2. The SMILES string of the molecule is COC(=O)C1=C(C)N(c2ccc(Cl)cc2)/C(=C/c2ccc(CN(Cc3ccc(C)cc3)S(=O)(=O)c3ccc(Cl)cc3)o2)C1=O. The van der Waals surface area contributed by atoms with Crippen molar-refractivity contribution in [1.29, 1.82) is 0 Å². The number of hydrogen-bond donors (Lipinski definition) is 0. The molecule has 0 saturated heterocycles. The fourth-order valence-corrected chi connectivity index (χ4v) is 6.47. The molecule has 0 saturated carbocycles. The Labute approximate surface area is 265 Å². The number of carbonyl (C=O) groups excluding carboxylic acids is 2. The van der Waals surface area contributed by atoms with Crippen molar-refractivity contribution < 1.29 is 27.2 Å². The number of anilines is 1. The van der Waals surface area contributed by atoms with E-state index in [1.807, 2.05) is 31.2 Å². The van der Waals surface area contributed by atoms with Crippen LogP contribution in [0, 0.1) is 6.92 Å². The zero-order valence-electron chi connectivity index (χ0n) is 24.1. The van der Waals surface area contributed by atoms with Gasteiger partial charge in [-0.3, -0.25) is 4.79 Å². The first-order valence-corrected chi connectivity index (χ1v) is 15.7. The molecule has 0 spiro atoms. The molecule has 5 rings (SSSR count). The van der Waals surface area contributed by atoms with Crippen molar-refractivity contribution in [2.24, 2.45) is 0 Å². The predicted octanol–water partition coefficient (Wildman–Crippen LogP) is 7.16. The van der Waals surface area contributed by atoms with E-state index in [2.05, 4.69) is 0 Å². The Balaban J connectivity index is 1.49. The highest BCUT2D eigenvalue weighted by Crippen LogP contribution is 2.36. The molecule has 226 valence electrons. The number of aryl methyl sites for hydroxylation is 1. The average Bonchev–Trinajstić information content (AvgIpc) is 3.54. The highest BCUT2D eigenvalue weighted by molar-refractivity contribution is 7.89. The molecule has 1 aliphatic heterocycles. The van der Waals surface area contributed by atoms with Gasteiger partial charge in [0, 0.05) is 34.1 Å². The molecule has 0 radical (unpaired) electrons. The molecular weight excluding hydrogens is 623 g/mol. The lowest BCUT2D eigenvalue weighted by molar-refractivity contribution is -0.137. The molecule has 3 aromatic carbocycles. The van der Waals surface area contributed by atoms with Gasteiger partial charge in [-0.2, -0.15) is 4.31 Å². The summed E-state index contributed by atoms with van der Waals surface area (Å²) in [5, 5.41) is 0.936. The zero-order chi connectivity index (χ0) is 31.6. The highest BCUT2D eigenvalue weighted by atomic mass is 35.5. The van der Waals surface area contributed by atoms with Crippen molar-refractivity contribution >= 4 is 56.7 Å². The molecule has 4 aromatic rings. The molecule has 0 fully saturated rings. The van der Waals surface area contributed by atoms with Crippen LogP contribution in [-0.2, 0) is 37.4 Å². The number of allylic oxidation sites excluding steroid dienone is 2. The normalized spacial score (nSPS) is 14.6. The summed E-state index contributed by atoms with van der Waals surface area (Å²) in [5.74, 6) is -0.647. The quantitative estimate of drug-likeness (QED) is 0.108. The van der Waals surface area contributed by atoms with Gasteiger partial charge in [-0.15, -0.1) is 0 Å². The number of sulfonamides is 1. The molecule has 0 bridgehead atoms. The Morgan fingerprint density at radius 1 is 0.886 bits per heavy atom. The number of hydrogen-bond acceptors (Lipinski definition) is 7. The molecular formula is C33H28Cl2N2O6S. The molecule has 1 aromatic heterocycles. The molecule has 0 aliphatic carbocycles. The molecule has 0 atom stereocenters. The van der Waals surface area contributed by atoms with Crippen LogP contribution in [0.1, 0.15) is 29.6 Å². The lowest BCUT2D eigenvalue weighted by Crippen LogP contribution is -2.30. The molecule has 8 nitrogen and oxygen atoms in total. The molecule has 0 N–H and O–H groups in total. The van der Waals surface area contributed by atoms with Crippen LogP contribution >= 0.6 is 23.2 Å². The van der Waals surface area contributed by atoms with Gasteiger partial charge in [-0.05, 0) is 80.1 Å². The third-order valence-electron chi connectivity index (χ3n) is 7.10. The first-order chi connectivity index (χ1) is 21.0. The number of ether oxygens (including phenoxy) is 1. The van der Waals surface area contributed by atoms with Gasteiger partial charge in [0.05, 0.1) is 24.2 Å². The van der Waals surface area contributed by atoms with E-state index in [9.17, 15) is 18.0 Å². The second-order valence-corrected chi connectivity index (χ2v) is 13.0. The maximum atomic E-state index is 13.8. The predicted molar refractivity (Wildman–Crippen MR) is 169 cm³/mol. The largest absolute Gasteiger partial charge is 0.465 e. The van der Waals surface area contributed by atoms with E-state index in [0.717, 1.165) is 11.1 Å². The summed E-state index contributed by atoms with van der Waals surface area (Å²) in [4.78, 5) is 27.7. The Morgan fingerprint density at radius 3 is 2.11 bits per heavy atom. The number of benzene rings is 3. The standard InChI is InChI=1S/C33H28Cl2N2O6S/c1-21-4-6-23(7-5-21)19-36(44(40,41)29-16-10-25(35)11-17-29)20-28-15-14-27(43-28)18-30-32(38)31(33(39)42-3)22(2)37(30)26-12-8-24(34)9-13-26/h4-18H,19-20H2,1-3H3/b30-18+. The lowest BCUT2D eigenvalue weighted by Gasteiger charge is -2.22. The van der Waals surface area contributed by atoms with Gasteiger partial charge in [0.15, 0.2) is 0 Å². The van der Waals surface area contributed by atoms with Crippen LogP contribution in [0.2, 0.25) is 10.0 Å². The van der Waals surface area contributed by atoms with Gasteiger partial charge >= 0.3 is 5.97 Å². The van der Waals surface area contributed by atoms with Gasteiger partial charge in [0.25, 0.3) is 0 Å². The van der Waals surface area contributed by atoms with E-state index in [-0.39, 0.29) is 29.3 Å². The summed E-state index contributed by atoms with van der Waals surface area (Å²) < 4.78 is 39.8. The smallest absolute Gasteiger partial charge is 0.343 e. The number of carbonyl (C=O) groups is 2. The molecule has 1 aliphatic rings. The minimum absolute atomic E-state index is 0.0818. The van der Waals surface area contributed by atoms with E-state index >= 15 is 0 Å². The number of methoxy groups -OCH3 is 1. The van der Waals surface area contributed by atoms with Crippen LogP contribution in [0.5, 0.6) is 0 Å². The molecule has 44 heavy (non-hydrogen) atoms. The van der Waals surface area contributed by atoms with E-state index in [4.69, 9.17) is 32.4 Å². The van der Waals surface area contributed by atoms with Crippen molar-refractivity contribution in [3.8, 4) is 0 Å². The van der Waals surface area contributed by atoms with Gasteiger partial charge in [-0.1, -0.05) is 53.0 Å². The second kappa shape index (κ2) is 12.8. The average molecular weight is 652 g/mol. The fourth-order valence-electron chi connectivity index (χ4n) is 4.83. The van der Waals surface area contributed by atoms with E-state index in [1.54, 1.807) is 48.2 Å². The topological polar surface area (TPSA) is 97.1 Å². The summed E-state index contributed by atoms with van der Waals surface area (Å²) in [6.45, 7) is 3.62. The Hall–Kier alpha value is -4.15. The van der Waals surface area contributed by atoms with Crippen LogP contribution in [0.15, 0.2) is 111 Å². The van der Waals surface area contributed by atoms with Crippen molar-refractivity contribution in [2.75, 3.05) is 12.0 Å². The molecule has 0 amide bonds. The summed E-state index contributed by atoms with van der Waals surface area (Å²) in [6, 6.07) is 23.7. The number of Topliss-reactive ketones (excluding diaryl/α,β-unsaturated/α-hetero) is 1. The maximum absolute atomic E-state index is 13.8. The lowest BCUT2D eigenvalue weighted by atomic mass is 10.1. The van der Waals surface area contributed by atoms with Crippen molar-refractivity contribution in [1.82, 2.24) is 4.31 Å². The van der Waals surface area contributed by atoms with Gasteiger partial charge in [0.2, 0.25) is 15.8 Å². The Bertz CT molecular complexity index is 1880. The second-order valence-electron chi connectivity index (χ2n) is 10.1. The van der Waals surface area contributed by atoms with Gasteiger partial charge < -0.3 is 14.1 Å². The summed E-state index contributed by atoms with van der Waals surface area (Å²) in [6.07, 6.45) is 1.51. The number of esters is 1. The van der Waals surface area contributed by atoms with Crippen LogP contribution in [0.3, 0.4) is 0 Å². The number of furan rings is 1. The monoisotopic (exact) mass is 650 g/mol. The van der Waals surface area contributed by atoms with Crippen molar-refractivity contribution in [3.05, 3.63) is 135 Å². The van der Waals surface area contributed by atoms with Crippen LogP contribution < -0.4 is 4.90 Å². The molecule has 11 heteroatoms. The van der Waals surface area contributed by atoms with Gasteiger partial charge in [0.1, 0.15) is 17.1 Å². The first-order valence-electron chi connectivity index (χ1n) is 13.5. The molecule has 2 heterocycles. The fraction of sp³-hybridized carbons (Fsp3) is 0.152. The maximum Gasteiger partial charge on any atom is 0.343 e. The van der Waals surface area contributed by atoms with Crippen LogP contribution in [0.25, 0.3) is 6.08 Å². The molecule has 0 unspecified atom stereocenters. The van der Waals surface area contributed by atoms with E-state index in [0.29, 0.717) is 33.0 Å². The zero-order valence-corrected chi connectivity index (χ0v) is 26.4. The Morgan fingerprint density at radius 2 is 1.50 bits per heavy atom. The van der Waals surface area contributed by atoms with Crippen molar-refractivity contribution in [2.45, 2.75) is 31.8 Å². The Kier molecular flexibility index (Phi) is 9.12. The van der Waals surface area contributed by atoms with Crippen LogP contribution in [0.4, 0.5) is 5.69 Å². The number of nitrogens with zero attached hydrogens (tertiary/aromatic N) is 2. The van der Waals surface area contributed by atoms with E-state index < -0.39 is 21.8 Å². The first kappa shape index (κ1) is 31.3. The summed E-state index contributed by atoms with van der Waals surface area (Å²) >= 11 is 12.1. The number of rotatable bonds is 9. The van der Waals surface area contributed by atoms with Crippen LogP contribution in [-0.4, -0.2) is 31.6 Å². The minimum Gasteiger partial charge on any atom is -0.465 e. The van der Waals surface area contributed by atoms with Crippen molar-refractivity contribution in [3.63, 3.8) is 0 Å². The minimum atomic E-state index is -3.95. The van der Waals surface area contributed by atoms with E-state index in [1.165, 1.54) is 41.8 Å². The number of ketones is 1. The van der Waals surface area contributed by atoms with Gasteiger partial charge in [-0.25, -0.2) is 13.2 Å². The summed E-state index contributed by atoms with van der Waals surface area (Å²) in [5.41, 5.74) is 2.92.